The summed E-state index contributed by atoms with van der Waals surface area (Å²) in [5.74, 6) is 0. The highest BCUT2D eigenvalue weighted by Crippen LogP contribution is 2.29. The molecule has 0 fully saturated rings. The molecule has 0 aromatic heterocycles. The molecule has 19 heavy (non-hydrogen) atoms. The van der Waals surface area contributed by atoms with Crippen molar-refractivity contribution in [1.29, 1.82) is 0 Å². The Bertz CT molecular complexity index is 368. The van der Waals surface area contributed by atoms with E-state index in [-0.39, 0.29) is 0 Å². The molecule has 0 spiro atoms. The lowest BCUT2D eigenvalue weighted by atomic mass is 10.00. The smallest absolute Gasteiger partial charge is 0.0410 e. The average molecular weight is 347 g/mol. The fraction of sp³-hybridized carbons (Fsp3) is 0.625. The van der Waals surface area contributed by atoms with Crippen molar-refractivity contribution >= 4 is 27.5 Å². The summed E-state index contributed by atoms with van der Waals surface area (Å²) in [5, 5.41) is 4.21. The number of rotatable bonds is 9. The van der Waals surface area contributed by atoms with Crippen LogP contribution in [-0.2, 0) is 0 Å². The topological polar surface area (TPSA) is 12.0 Å². The lowest BCUT2D eigenvalue weighted by molar-refractivity contribution is 0.496. The molecular formula is C16H25BrClN. The monoisotopic (exact) mass is 345 g/mol. The zero-order chi connectivity index (χ0) is 14.1. The Morgan fingerprint density at radius 1 is 1.16 bits per heavy atom. The molecule has 1 N–H and O–H groups in total. The zero-order valence-electron chi connectivity index (χ0n) is 12.0. The second-order valence-electron chi connectivity index (χ2n) is 5.06. The van der Waals surface area contributed by atoms with Crippen LogP contribution in [0.15, 0.2) is 22.7 Å². The molecule has 0 saturated carbocycles. The third-order valence-electron chi connectivity index (χ3n) is 3.53. The number of halogens is 2. The van der Waals surface area contributed by atoms with Crippen molar-refractivity contribution in [3.8, 4) is 0 Å². The fourth-order valence-electron chi connectivity index (χ4n) is 2.37. The minimum atomic E-state index is 0.388. The Hall–Kier alpha value is -0.0500. The molecule has 1 unspecified atom stereocenters. The van der Waals surface area contributed by atoms with Crippen LogP contribution in [0, 0.1) is 0 Å². The lowest BCUT2D eigenvalue weighted by Crippen LogP contribution is -2.16. The minimum Gasteiger partial charge on any atom is -0.313 e. The van der Waals surface area contributed by atoms with E-state index in [0.717, 1.165) is 9.50 Å². The Labute approximate surface area is 131 Å². The Morgan fingerprint density at radius 3 is 2.53 bits per heavy atom. The normalized spacial score (nSPS) is 12.6. The zero-order valence-corrected chi connectivity index (χ0v) is 14.4. The van der Waals surface area contributed by atoms with Crippen LogP contribution in [0.4, 0.5) is 0 Å². The van der Waals surface area contributed by atoms with Gasteiger partial charge in [0.2, 0.25) is 0 Å². The van der Waals surface area contributed by atoms with E-state index in [2.05, 4.69) is 34.2 Å². The molecule has 1 aromatic carbocycles. The van der Waals surface area contributed by atoms with Crippen molar-refractivity contribution in [2.24, 2.45) is 0 Å². The van der Waals surface area contributed by atoms with Gasteiger partial charge in [-0.3, -0.25) is 0 Å². The molecule has 0 aliphatic rings. The summed E-state index contributed by atoms with van der Waals surface area (Å²) in [6, 6.07) is 6.40. The van der Waals surface area contributed by atoms with E-state index >= 15 is 0 Å². The first kappa shape index (κ1) is 17.0. The molecule has 0 radical (unpaired) electrons. The second kappa shape index (κ2) is 9.79. The van der Waals surface area contributed by atoms with Gasteiger partial charge < -0.3 is 5.32 Å². The maximum atomic E-state index is 6.09. The van der Waals surface area contributed by atoms with Crippen molar-refractivity contribution in [3.63, 3.8) is 0 Å². The van der Waals surface area contributed by atoms with Crippen LogP contribution < -0.4 is 5.32 Å². The summed E-state index contributed by atoms with van der Waals surface area (Å²) in [6.45, 7) is 2.26. The van der Waals surface area contributed by atoms with Crippen LogP contribution in [-0.4, -0.2) is 7.05 Å². The standard InChI is InChI=1S/C16H25BrClN/c1-3-4-5-6-7-8-9-16(19-2)14-12-13(18)10-11-15(14)17/h10-12,16,19H,3-9H2,1-2H3. The third-order valence-corrected chi connectivity index (χ3v) is 4.49. The predicted molar refractivity (Wildman–Crippen MR) is 88.9 cm³/mol. The van der Waals surface area contributed by atoms with E-state index in [0.29, 0.717) is 6.04 Å². The highest BCUT2D eigenvalue weighted by molar-refractivity contribution is 9.10. The molecule has 3 heteroatoms. The molecule has 0 saturated heterocycles. The van der Waals surface area contributed by atoms with Crippen molar-refractivity contribution in [2.45, 2.75) is 57.9 Å². The van der Waals surface area contributed by atoms with E-state index in [4.69, 9.17) is 11.6 Å². The van der Waals surface area contributed by atoms with Gasteiger partial charge in [0.15, 0.2) is 0 Å². The van der Waals surface area contributed by atoms with Gasteiger partial charge in [-0.15, -0.1) is 0 Å². The molecule has 0 amide bonds. The van der Waals surface area contributed by atoms with E-state index in [1.165, 1.54) is 50.5 Å². The summed E-state index contributed by atoms with van der Waals surface area (Å²) in [7, 11) is 2.02. The van der Waals surface area contributed by atoms with Gasteiger partial charge in [0.1, 0.15) is 0 Å². The summed E-state index contributed by atoms with van der Waals surface area (Å²) in [4.78, 5) is 0. The first-order chi connectivity index (χ1) is 9.19. The lowest BCUT2D eigenvalue weighted by Gasteiger charge is -2.18. The molecule has 108 valence electrons. The Kier molecular flexibility index (Phi) is 8.76. The first-order valence-corrected chi connectivity index (χ1v) is 8.48. The number of unbranched alkanes of at least 4 members (excludes halogenated alkanes) is 5. The third kappa shape index (κ3) is 6.29. The maximum Gasteiger partial charge on any atom is 0.0410 e. The second-order valence-corrected chi connectivity index (χ2v) is 6.35. The highest BCUT2D eigenvalue weighted by atomic mass is 79.9. The molecule has 1 aromatic rings. The molecule has 1 nitrogen and oxygen atoms in total. The molecule has 1 atom stereocenters. The van der Waals surface area contributed by atoms with E-state index in [9.17, 15) is 0 Å². The molecule has 0 aliphatic heterocycles. The van der Waals surface area contributed by atoms with Gasteiger partial charge in [-0.1, -0.05) is 73.0 Å². The number of benzene rings is 1. The molecule has 1 rings (SSSR count). The van der Waals surface area contributed by atoms with Crippen LogP contribution in [0.3, 0.4) is 0 Å². The van der Waals surface area contributed by atoms with Crippen LogP contribution >= 0.6 is 27.5 Å². The molecule has 0 bridgehead atoms. The van der Waals surface area contributed by atoms with Crippen LogP contribution in [0.1, 0.15) is 63.5 Å². The van der Waals surface area contributed by atoms with Gasteiger partial charge in [-0.05, 0) is 37.2 Å². The number of nitrogens with one attached hydrogen (secondary N) is 1. The number of hydrogen-bond acceptors (Lipinski definition) is 1. The van der Waals surface area contributed by atoms with E-state index < -0.39 is 0 Å². The average Bonchev–Trinajstić information content (AvgIpc) is 2.41. The van der Waals surface area contributed by atoms with Gasteiger partial charge in [0.05, 0.1) is 0 Å². The quantitative estimate of drug-likeness (QED) is 0.532. The van der Waals surface area contributed by atoms with Gasteiger partial charge in [0, 0.05) is 15.5 Å². The van der Waals surface area contributed by atoms with Gasteiger partial charge in [0.25, 0.3) is 0 Å². The predicted octanol–water partition coefficient (Wildman–Crippen LogP) is 6.11. The van der Waals surface area contributed by atoms with E-state index in [1.807, 2.05) is 19.2 Å². The Balaban J connectivity index is 2.42. The molecule has 0 aliphatic carbocycles. The van der Waals surface area contributed by atoms with Crippen LogP contribution in [0.5, 0.6) is 0 Å². The SMILES string of the molecule is CCCCCCCCC(NC)c1cc(Cl)ccc1Br. The number of hydrogen-bond donors (Lipinski definition) is 1. The van der Waals surface area contributed by atoms with Gasteiger partial charge in [-0.2, -0.15) is 0 Å². The maximum absolute atomic E-state index is 6.09. The molecule has 0 heterocycles. The van der Waals surface area contributed by atoms with Crippen molar-refractivity contribution < 1.29 is 0 Å². The van der Waals surface area contributed by atoms with Crippen molar-refractivity contribution in [3.05, 3.63) is 33.3 Å². The summed E-state index contributed by atoms with van der Waals surface area (Å²) >= 11 is 9.70. The Morgan fingerprint density at radius 2 is 1.84 bits per heavy atom. The largest absolute Gasteiger partial charge is 0.313 e. The van der Waals surface area contributed by atoms with Crippen molar-refractivity contribution in [2.75, 3.05) is 7.05 Å². The first-order valence-electron chi connectivity index (χ1n) is 7.31. The van der Waals surface area contributed by atoms with Crippen molar-refractivity contribution in [1.82, 2.24) is 5.32 Å². The van der Waals surface area contributed by atoms with Gasteiger partial charge in [-0.25, -0.2) is 0 Å². The molecular weight excluding hydrogens is 322 g/mol. The van der Waals surface area contributed by atoms with Crippen LogP contribution in [0.25, 0.3) is 0 Å². The van der Waals surface area contributed by atoms with Gasteiger partial charge >= 0.3 is 0 Å². The summed E-state index contributed by atoms with van der Waals surface area (Å²) < 4.78 is 1.14. The minimum absolute atomic E-state index is 0.388. The fourth-order valence-corrected chi connectivity index (χ4v) is 3.07. The summed E-state index contributed by atoms with van der Waals surface area (Å²) in [6.07, 6.45) is 9.19. The van der Waals surface area contributed by atoms with Crippen LogP contribution in [0.2, 0.25) is 5.02 Å². The highest BCUT2D eigenvalue weighted by Gasteiger charge is 2.12. The summed E-state index contributed by atoms with van der Waals surface area (Å²) in [5.41, 5.74) is 1.27. The van der Waals surface area contributed by atoms with E-state index in [1.54, 1.807) is 0 Å².